The zero-order valence-corrected chi connectivity index (χ0v) is 22.3. The van der Waals surface area contributed by atoms with Gasteiger partial charge in [0.1, 0.15) is 17.5 Å². The predicted molar refractivity (Wildman–Crippen MR) is 140 cm³/mol. The van der Waals surface area contributed by atoms with Crippen molar-refractivity contribution in [3.05, 3.63) is 70.0 Å². The predicted octanol–water partition coefficient (Wildman–Crippen LogP) is 3.36. The summed E-state index contributed by atoms with van der Waals surface area (Å²) in [7, 11) is 0. The Morgan fingerprint density at radius 2 is 1.85 bits per heavy atom. The Bertz CT molecular complexity index is 1360. The lowest BCUT2D eigenvalue weighted by Gasteiger charge is -2.54. The molecule has 9 heteroatoms. The highest BCUT2D eigenvalue weighted by Gasteiger charge is 2.54. The maximum atomic E-state index is 16.3. The molecule has 0 spiro atoms. The van der Waals surface area contributed by atoms with E-state index in [0.717, 1.165) is 5.56 Å². The number of nitriles is 1. The molecule has 3 aliphatic heterocycles. The fourth-order valence-electron chi connectivity index (χ4n) is 6.70. The number of hydrogen-bond donors (Lipinski definition) is 2. The van der Waals surface area contributed by atoms with E-state index in [1.54, 1.807) is 18.2 Å². The van der Waals surface area contributed by atoms with Crippen LogP contribution in [0, 0.1) is 22.6 Å². The smallest absolute Gasteiger partial charge is 0.255 e. The van der Waals surface area contributed by atoms with Gasteiger partial charge >= 0.3 is 0 Å². The first-order valence-corrected chi connectivity index (χ1v) is 13.6. The van der Waals surface area contributed by atoms with Crippen molar-refractivity contribution in [2.24, 2.45) is 5.41 Å². The van der Waals surface area contributed by atoms with Crippen molar-refractivity contribution in [3.8, 4) is 6.07 Å². The van der Waals surface area contributed by atoms with Gasteiger partial charge in [-0.25, -0.2) is 4.39 Å². The molecule has 5 rings (SSSR count). The maximum absolute atomic E-state index is 16.3. The number of carbonyl (C=O) groups is 3. The van der Waals surface area contributed by atoms with Crippen LogP contribution < -0.4 is 5.32 Å². The Labute approximate surface area is 227 Å². The zero-order chi connectivity index (χ0) is 27.9. The Balaban J connectivity index is 1.43. The average molecular weight is 533 g/mol. The van der Waals surface area contributed by atoms with Crippen LogP contribution in [0.4, 0.5) is 4.39 Å². The highest BCUT2D eigenvalue weighted by Crippen LogP contribution is 2.52. The molecule has 2 fully saturated rings. The van der Waals surface area contributed by atoms with Gasteiger partial charge in [0.15, 0.2) is 0 Å². The SMILES string of the molecule is CCC1(CC)CN(Cc2ccc(C#N)cc2)CCC1(O)c1ccc2c(c1F)CN(C1CCC(=O)NC1=O)C2=O. The molecule has 3 aliphatic rings. The van der Waals surface area contributed by atoms with E-state index >= 15 is 4.39 Å². The first-order chi connectivity index (χ1) is 18.7. The van der Waals surface area contributed by atoms with Crippen molar-refractivity contribution in [2.45, 2.75) is 70.7 Å². The van der Waals surface area contributed by atoms with Gasteiger partial charge in [-0.1, -0.05) is 32.0 Å². The van der Waals surface area contributed by atoms with Crippen LogP contribution in [0.15, 0.2) is 36.4 Å². The van der Waals surface area contributed by atoms with Crippen LogP contribution in [0.3, 0.4) is 0 Å². The molecule has 2 aromatic rings. The zero-order valence-electron chi connectivity index (χ0n) is 22.3. The first-order valence-electron chi connectivity index (χ1n) is 13.6. The Morgan fingerprint density at radius 3 is 2.49 bits per heavy atom. The quantitative estimate of drug-likeness (QED) is 0.552. The van der Waals surface area contributed by atoms with Crippen LogP contribution >= 0.6 is 0 Å². The van der Waals surface area contributed by atoms with E-state index in [4.69, 9.17) is 5.26 Å². The summed E-state index contributed by atoms with van der Waals surface area (Å²) in [6, 6.07) is 11.9. The van der Waals surface area contributed by atoms with Crippen LogP contribution in [-0.2, 0) is 28.3 Å². The van der Waals surface area contributed by atoms with Crippen LogP contribution in [0.1, 0.15) is 78.6 Å². The summed E-state index contributed by atoms with van der Waals surface area (Å²) in [6.07, 6.45) is 1.90. The second-order valence-electron chi connectivity index (χ2n) is 11.0. The average Bonchev–Trinajstić information content (AvgIpc) is 3.27. The number of nitrogens with zero attached hydrogens (tertiary/aromatic N) is 3. The van der Waals surface area contributed by atoms with Crippen LogP contribution in [0.2, 0.25) is 0 Å². The monoisotopic (exact) mass is 532 g/mol. The summed E-state index contributed by atoms with van der Waals surface area (Å²) in [5.41, 5.74) is 0.182. The van der Waals surface area contributed by atoms with Crippen molar-refractivity contribution < 1.29 is 23.9 Å². The molecule has 0 radical (unpaired) electrons. The molecule has 0 aliphatic carbocycles. The van der Waals surface area contributed by atoms with Crippen molar-refractivity contribution in [2.75, 3.05) is 13.1 Å². The molecule has 2 atom stereocenters. The number of halogens is 1. The second kappa shape index (κ2) is 10.2. The molecule has 0 saturated carbocycles. The maximum Gasteiger partial charge on any atom is 0.255 e. The van der Waals surface area contributed by atoms with Gasteiger partial charge in [-0.3, -0.25) is 24.6 Å². The molecule has 204 valence electrons. The van der Waals surface area contributed by atoms with Gasteiger partial charge in [0.2, 0.25) is 11.8 Å². The number of imide groups is 1. The lowest BCUT2D eigenvalue weighted by atomic mass is 9.61. The molecule has 39 heavy (non-hydrogen) atoms. The van der Waals surface area contributed by atoms with Gasteiger partial charge < -0.3 is 10.0 Å². The number of rotatable bonds is 6. The van der Waals surface area contributed by atoms with Gasteiger partial charge in [0.05, 0.1) is 18.2 Å². The third-order valence-electron chi connectivity index (χ3n) is 9.13. The van der Waals surface area contributed by atoms with E-state index in [2.05, 4.69) is 16.3 Å². The minimum atomic E-state index is -1.44. The van der Waals surface area contributed by atoms with Gasteiger partial charge in [0.25, 0.3) is 5.91 Å². The molecule has 0 aromatic heterocycles. The lowest BCUT2D eigenvalue weighted by molar-refractivity contribution is -0.150. The van der Waals surface area contributed by atoms with E-state index in [0.29, 0.717) is 44.5 Å². The number of nitrogens with one attached hydrogen (secondary N) is 1. The Hall–Kier alpha value is -3.61. The number of hydrogen-bond acceptors (Lipinski definition) is 6. The van der Waals surface area contributed by atoms with Crippen LogP contribution in [0.5, 0.6) is 0 Å². The third kappa shape index (κ3) is 4.42. The highest BCUT2D eigenvalue weighted by atomic mass is 19.1. The van der Waals surface area contributed by atoms with Crippen molar-refractivity contribution in [1.82, 2.24) is 15.1 Å². The van der Waals surface area contributed by atoms with E-state index in [9.17, 15) is 19.5 Å². The fraction of sp³-hybridized carbons (Fsp3) is 0.467. The molecular formula is C30H33FN4O4. The number of carbonyl (C=O) groups excluding carboxylic acids is 3. The van der Waals surface area contributed by atoms with Crippen molar-refractivity contribution in [3.63, 3.8) is 0 Å². The molecule has 8 nitrogen and oxygen atoms in total. The lowest BCUT2D eigenvalue weighted by Crippen LogP contribution is -2.57. The normalized spacial score (nSPS) is 24.8. The minimum absolute atomic E-state index is 0.0771. The largest absolute Gasteiger partial charge is 0.384 e. The topological polar surface area (TPSA) is 114 Å². The molecule has 3 amide bonds. The van der Waals surface area contributed by atoms with Crippen LogP contribution in [0.25, 0.3) is 0 Å². The standard InChI is InChI=1S/C30H33FN4O4/c1-3-29(4-2)18-34(16-20-7-5-19(15-32)6-8-20)14-13-30(29,39)23-10-9-21-22(26(23)31)17-35(28(21)38)24-11-12-25(36)33-27(24)37/h5-10,24,39H,3-4,11-14,16-18H2,1-2H3,(H,33,36,37). The number of benzene rings is 2. The summed E-state index contributed by atoms with van der Waals surface area (Å²) in [4.78, 5) is 40.7. The Kier molecular flexibility index (Phi) is 7.04. The number of amides is 3. The van der Waals surface area contributed by atoms with Gasteiger partial charge in [0, 0.05) is 48.2 Å². The Morgan fingerprint density at radius 1 is 1.13 bits per heavy atom. The molecule has 3 heterocycles. The number of piperidine rings is 2. The summed E-state index contributed by atoms with van der Waals surface area (Å²) in [6.45, 7) is 5.72. The van der Waals surface area contributed by atoms with Gasteiger partial charge in [-0.2, -0.15) is 5.26 Å². The van der Waals surface area contributed by atoms with E-state index in [-0.39, 0.29) is 42.0 Å². The molecule has 2 N–H and O–H groups in total. The van der Waals surface area contributed by atoms with E-state index < -0.39 is 34.7 Å². The molecular weight excluding hydrogens is 499 g/mol. The summed E-state index contributed by atoms with van der Waals surface area (Å²) >= 11 is 0. The highest BCUT2D eigenvalue weighted by molar-refractivity contribution is 6.05. The van der Waals surface area contributed by atoms with Gasteiger partial charge in [-0.05, 0) is 49.4 Å². The van der Waals surface area contributed by atoms with E-state index in [1.165, 1.54) is 11.0 Å². The van der Waals surface area contributed by atoms with Crippen molar-refractivity contribution in [1.29, 1.82) is 5.26 Å². The van der Waals surface area contributed by atoms with Gasteiger partial charge in [-0.15, -0.1) is 0 Å². The summed E-state index contributed by atoms with van der Waals surface area (Å²) in [5, 5.41) is 23.6. The number of likely N-dealkylation sites (tertiary alicyclic amines) is 1. The molecule has 2 aromatic carbocycles. The first kappa shape index (κ1) is 27.0. The third-order valence-corrected chi connectivity index (χ3v) is 9.13. The fourth-order valence-corrected chi connectivity index (χ4v) is 6.70. The molecule has 2 saturated heterocycles. The summed E-state index contributed by atoms with van der Waals surface area (Å²) < 4.78 is 16.3. The van der Waals surface area contributed by atoms with Crippen molar-refractivity contribution >= 4 is 17.7 Å². The molecule has 2 unspecified atom stereocenters. The van der Waals surface area contributed by atoms with E-state index in [1.807, 2.05) is 26.0 Å². The van der Waals surface area contributed by atoms with Crippen LogP contribution in [-0.4, -0.2) is 51.8 Å². The number of fused-ring (bicyclic) bond motifs is 1. The second-order valence-corrected chi connectivity index (χ2v) is 11.0. The molecule has 0 bridgehead atoms. The number of aliphatic hydroxyl groups is 1. The summed E-state index contributed by atoms with van der Waals surface area (Å²) in [5.74, 6) is -1.95. The minimum Gasteiger partial charge on any atom is -0.384 e.